The Morgan fingerprint density at radius 3 is 2.46 bits per heavy atom. The molecule has 0 spiro atoms. The van der Waals surface area contributed by atoms with Crippen LogP contribution in [-0.4, -0.2) is 29.2 Å². The first-order valence-corrected chi connectivity index (χ1v) is 8.18. The lowest BCUT2D eigenvalue weighted by atomic mass is 10.1. The molecule has 1 aliphatic rings. The van der Waals surface area contributed by atoms with Crippen molar-refractivity contribution in [1.82, 2.24) is 10.2 Å². The SMILES string of the molecule is NCc1cc(NC(=O)c2ccc(N3CCCC3)nn2)cc(C(F)(F)F)c1. The van der Waals surface area contributed by atoms with Gasteiger partial charge in [-0.05, 0) is 48.7 Å². The number of anilines is 2. The van der Waals surface area contributed by atoms with Crippen LogP contribution < -0.4 is 16.0 Å². The second-order valence-corrected chi connectivity index (χ2v) is 6.05. The number of amides is 1. The van der Waals surface area contributed by atoms with Crippen LogP contribution in [0.25, 0.3) is 0 Å². The average Bonchev–Trinajstić information content (AvgIpc) is 3.15. The Morgan fingerprint density at radius 1 is 1.15 bits per heavy atom. The quantitative estimate of drug-likeness (QED) is 0.870. The fourth-order valence-electron chi connectivity index (χ4n) is 2.80. The van der Waals surface area contributed by atoms with Crippen molar-refractivity contribution < 1.29 is 18.0 Å². The van der Waals surface area contributed by atoms with Gasteiger partial charge in [-0.25, -0.2) is 0 Å². The number of nitrogens with zero attached hydrogens (tertiary/aromatic N) is 3. The minimum absolute atomic E-state index is 0.00990. The highest BCUT2D eigenvalue weighted by Crippen LogP contribution is 2.32. The van der Waals surface area contributed by atoms with E-state index >= 15 is 0 Å². The molecule has 3 rings (SSSR count). The van der Waals surface area contributed by atoms with Gasteiger partial charge in [-0.3, -0.25) is 4.79 Å². The molecular formula is C17H18F3N5O. The van der Waals surface area contributed by atoms with Crippen molar-refractivity contribution in [2.75, 3.05) is 23.3 Å². The van der Waals surface area contributed by atoms with Gasteiger partial charge in [0.2, 0.25) is 0 Å². The van der Waals surface area contributed by atoms with Crippen molar-refractivity contribution in [3.63, 3.8) is 0 Å². The molecule has 138 valence electrons. The summed E-state index contributed by atoms with van der Waals surface area (Å²) in [5.41, 5.74) is 4.88. The number of nitrogens with one attached hydrogen (secondary N) is 1. The van der Waals surface area contributed by atoms with Crippen molar-refractivity contribution in [3.05, 3.63) is 47.2 Å². The lowest BCUT2D eigenvalue weighted by molar-refractivity contribution is -0.137. The number of hydrogen-bond donors (Lipinski definition) is 2. The molecule has 0 saturated carbocycles. The van der Waals surface area contributed by atoms with E-state index in [1.165, 1.54) is 12.1 Å². The van der Waals surface area contributed by atoms with Crippen LogP contribution in [0.4, 0.5) is 24.7 Å². The first kappa shape index (κ1) is 18.1. The second kappa shape index (κ2) is 7.28. The topological polar surface area (TPSA) is 84.1 Å². The number of carbonyl (C=O) groups excluding carboxylic acids is 1. The van der Waals surface area contributed by atoms with E-state index in [0.717, 1.165) is 38.1 Å². The third-order valence-electron chi connectivity index (χ3n) is 4.13. The molecule has 9 heteroatoms. The van der Waals surface area contributed by atoms with E-state index in [-0.39, 0.29) is 23.5 Å². The Hall–Kier alpha value is -2.68. The number of rotatable bonds is 4. The van der Waals surface area contributed by atoms with Gasteiger partial charge in [0.15, 0.2) is 11.5 Å². The van der Waals surface area contributed by atoms with Crippen LogP contribution in [0.15, 0.2) is 30.3 Å². The van der Waals surface area contributed by atoms with Crippen molar-refractivity contribution in [2.45, 2.75) is 25.6 Å². The minimum atomic E-state index is -4.53. The predicted molar refractivity (Wildman–Crippen MR) is 90.8 cm³/mol. The molecule has 0 aliphatic carbocycles. The number of benzene rings is 1. The molecule has 2 aromatic rings. The minimum Gasteiger partial charge on any atom is -0.355 e. The van der Waals surface area contributed by atoms with Gasteiger partial charge in [-0.2, -0.15) is 13.2 Å². The van der Waals surface area contributed by atoms with Gasteiger partial charge in [0.1, 0.15) is 0 Å². The summed E-state index contributed by atoms with van der Waals surface area (Å²) in [6.07, 6.45) is -2.35. The molecule has 1 aliphatic heterocycles. The number of alkyl halides is 3. The second-order valence-electron chi connectivity index (χ2n) is 6.05. The zero-order valence-electron chi connectivity index (χ0n) is 13.9. The normalized spacial score (nSPS) is 14.5. The summed E-state index contributed by atoms with van der Waals surface area (Å²) in [5, 5.41) is 10.3. The van der Waals surface area contributed by atoms with E-state index in [2.05, 4.69) is 20.4 Å². The lowest BCUT2D eigenvalue weighted by Gasteiger charge is -2.15. The van der Waals surface area contributed by atoms with Crippen LogP contribution in [0, 0.1) is 0 Å². The van der Waals surface area contributed by atoms with Crippen LogP contribution in [0.3, 0.4) is 0 Å². The molecule has 3 N–H and O–H groups in total. The van der Waals surface area contributed by atoms with Gasteiger partial charge in [-0.1, -0.05) is 0 Å². The van der Waals surface area contributed by atoms with Crippen LogP contribution in [-0.2, 0) is 12.7 Å². The highest BCUT2D eigenvalue weighted by Gasteiger charge is 2.31. The van der Waals surface area contributed by atoms with Crippen molar-refractivity contribution in [2.24, 2.45) is 5.73 Å². The number of hydrogen-bond acceptors (Lipinski definition) is 5. The summed E-state index contributed by atoms with van der Waals surface area (Å²) in [6.45, 7) is 1.72. The number of aromatic nitrogens is 2. The zero-order chi connectivity index (χ0) is 18.7. The van der Waals surface area contributed by atoms with Gasteiger partial charge in [0.25, 0.3) is 5.91 Å². The van der Waals surface area contributed by atoms with Crippen LogP contribution >= 0.6 is 0 Å². The molecular weight excluding hydrogens is 347 g/mol. The Labute approximate surface area is 148 Å². The van der Waals surface area contributed by atoms with E-state index in [1.807, 2.05) is 0 Å². The van der Waals surface area contributed by atoms with Gasteiger partial charge in [-0.15, -0.1) is 10.2 Å². The number of carbonyl (C=O) groups is 1. The molecule has 0 atom stereocenters. The van der Waals surface area contributed by atoms with Crippen LogP contribution in [0.5, 0.6) is 0 Å². The highest BCUT2D eigenvalue weighted by molar-refractivity contribution is 6.02. The maximum atomic E-state index is 13.0. The largest absolute Gasteiger partial charge is 0.416 e. The third kappa shape index (κ3) is 4.10. The molecule has 1 fully saturated rings. The number of nitrogens with two attached hydrogens (primary N) is 1. The van der Waals surface area contributed by atoms with E-state index in [4.69, 9.17) is 5.73 Å². The summed E-state index contributed by atoms with van der Waals surface area (Å²) in [5.74, 6) is 0.0521. The molecule has 1 amide bonds. The average molecular weight is 365 g/mol. The number of halogens is 3. The smallest absolute Gasteiger partial charge is 0.355 e. The Balaban J connectivity index is 1.77. The van der Waals surface area contributed by atoms with Crippen molar-refractivity contribution >= 4 is 17.4 Å². The molecule has 26 heavy (non-hydrogen) atoms. The summed E-state index contributed by atoms with van der Waals surface area (Å²) >= 11 is 0. The molecule has 1 aromatic heterocycles. The standard InChI is InChI=1S/C17H18F3N5O/c18-17(19,20)12-7-11(10-21)8-13(9-12)22-16(26)14-3-4-15(24-23-14)25-5-1-2-6-25/h3-4,7-9H,1-2,5-6,10,21H2,(H,22,26). The van der Waals surface area contributed by atoms with E-state index in [0.29, 0.717) is 5.82 Å². The summed E-state index contributed by atoms with van der Waals surface area (Å²) in [7, 11) is 0. The first-order chi connectivity index (χ1) is 12.4. The molecule has 6 nitrogen and oxygen atoms in total. The first-order valence-electron chi connectivity index (χ1n) is 8.18. The summed E-state index contributed by atoms with van der Waals surface area (Å²) in [6, 6.07) is 6.42. The van der Waals surface area contributed by atoms with Crippen molar-refractivity contribution in [1.29, 1.82) is 0 Å². The third-order valence-corrected chi connectivity index (χ3v) is 4.13. The molecule has 1 saturated heterocycles. The fraction of sp³-hybridized carbons (Fsp3) is 0.353. The molecule has 2 heterocycles. The fourth-order valence-corrected chi connectivity index (χ4v) is 2.80. The van der Waals surface area contributed by atoms with E-state index in [1.54, 1.807) is 6.07 Å². The molecule has 1 aromatic carbocycles. The predicted octanol–water partition coefficient (Wildman–Crippen LogP) is 2.81. The van der Waals surface area contributed by atoms with Crippen LogP contribution in [0.2, 0.25) is 0 Å². The summed E-state index contributed by atoms with van der Waals surface area (Å²) in [4.78, 5) is 14.3. The maximum absolute atomic E-state index is 13.0. The highest BCUT2D eigenvalue weighted by atomic mass is 19.4. The molecule has 0 unspecified atom stereocenters. The van der Waals surface area contributed by atoms with Gasteiger partial charge < -0.3 is 16.0 Å². The zero-order valence-corrected chi connectivity index (χ0v) is 13.9. The monoisotopic (exact) mass is 365 g/mol. The lowest BCUT2D eigenvalue weighted by Crippen LogP contribution is -2.21. The Kier molecular flexibility index (Phi) is 5.08. The van der Waals surface area contributed by atoms with E-state index in [9.17, 15) is 18.0 Å². The molecule has 0 radical (unpaired) electrons. The van der Waals surface area contributed by atoms with Crippen molar-refractivity contribution in [3.8, 4) is 0 Å². The van der Waals surface area contributed by atoms with Crippen LogP contribution in [0.1, 0.15) is 34.5 Å². The summed E-state index contributed by atoms with van der Waals surface area (Å²) < 4.78 is 38.9. The van der Waals surface area contributed by atoms with Gasteiger partial charge in [0.05, 0.1) is 5.56 Å². The van der Waals surface area contributed by atoms with E-state index < -0.39 is 17.6 Å². The van der Waals surface area contributed by atoms with Gasteiger partial charge >= 0.3 is 6.18 Å². The maximum Gasteiger partial charge on any atom is 0.416 e. The molecule has 0 bridgehead atoms. The Morgan fingerprint density at radius 2 is 1.88 bits per heavy atom. The Bertz CT molecular complexity index is 786. The van der Waals surface area contributed by atoms with Gasteiger partial charge in [0, 0.05) is 25.3 Å².